The molecule has 0 aromatic carbocycles. The molecule has 184 valence electrons. The fourth-order valence-electron chi connectivity index (χ4n) is 7.10. The van der Waals surface area contributed by atoms with Crippen LogP contribution >= 0.6 is 0 Å². The summed E-state index contributed by atoms with van der Waals surface area (Å²) in [6.07, 6.45) is 12.6. The average molecular weight is 463 g/mol. The SMILES string of the molecule is CC(=O)OC[C@]1(C)CCC[C@]2(C)[C@H]3CC[C@](C)(CCO[Si](C)(C)C(C)(C)C)C=C3CC[C@@H]12. The molecule has 0 radical (unpaired) electrons. The highest BCUT2D eigenvalue weighted by Gasteiger charge is 2.56. The maximum Gasteiger partial charge on any atom is 0.302 e. The van der Waals surface area contributed by atoms with Gasteiger partial charge >= 0.3 is 5.97 Å². The first-order chi connectivity index (χ1) is 14.6. The molecule has 0 unspecified atom stereocenters. The van der Waals surface area contributed by atoms with Gasteiger partial charge in [0.25, 0.3) is 0 Å². The van der Waals surface area contributed by atoms with Gasteiger partial charge in [-0.05, 0) is 85.7 Å². The molecule has 4 heteroatoms. The topological polar surface area (TPSA) is 35.5 Å². The predicted octanol–water partition coefficient (Wildman–Crippen LogP) is 7.91. The van der Waals surface area contributed by atoms with E-state index < -0.39 is 8.32 Å². The molecule has 3 aliphatic rings. The third-order valence-corrected chi connectivity index (χ3v) is 14.7. The second kappa shape index (κ2) is 8.87. The fraction of sp³-hybridized carbons (Fsp3) is 0.893. The van der Waals surface area contributed by atoms with Crippen molar-refractivity contribution in [2.24, 2.45) is 28.1 Å². The van der Waals surface area contributed by atoms with Crippen molar-refractivity contribution in [2.75, 3.05) is 13.2 Å². The standard InChI is InChI=1S/C28H50O3Si/c1-21(29)30-20-27(6)14-10-15-28(7)23-13-16-26(5,19-22(23)11-12-24(27)28)17-18-31-32(8,9)25(2,3)4/h19,23-24H,10-18,20H2,1-9H3/t23-,24-,26+,27-,28+/m0/s1. The molecule has 0 N–H and O–H groups in total. The lowest BCUT2D eigenvalue weighted by Gasteiger charge is -2.60. The van der Waals surface area contributed by atoms with Crippen LogP contribution in [0.3, 0.4) is 0 Å². The highest BCUT2D eigenvalue weighted by Crippen LogP contribution is 2.64. The Morgan fingerprint density at radius 2 is 1.81 bits per heavy atom. The molecule has 0 amide bonds. The van der Waals surface area contributed by atoms with E-state index in [4.69, 9.17) is 9.16 Å². The van der Waals surface area contributed by atoms with Crippen molar-refractivity contribution in [1.82, 2.24) is 0 Å². The van der Waals surface area contributed by atoms with Crippen LogP contribution in [-0.2, 0) is 14.0 Å². The summed E-state index contributed by atoms with van der Waals surface area (Å²) < 4.78 is 12.1. The molecule has 0 aromatic rings. The zero-order valence-electron chi connectivity index (χ0n) is 22.5. The number of fused-ring (bicyclic) bond motifs is 3. The van der Waals surface area contributed by atoms with Crippen LogP contribution in [-0.4, -0.2) is 27.5 Å². The summed E-state index contributed by atoms with van der Waals surface area (Å²) in [5.41, 5.74) is 2.47. The zero-order chi connectivity index (χ0) is 24.0. The van der Waals surface area contributed by atoms with Gasteiger partial charge in [-0.1, -0.05) is 59.6 Å². The van der Waals surface area contributed by atoms with E-state index in [-0.39, 0.29) is 21.8 Å². The average Bonchev–Trinajstić information content (AvgIpc) is 2.65. The molecule has 3 nitrogen and oxygen atoms in total. The first-order valence-electron chi connectivity index (χ1n) is 13.1. The number of rotatable bonds is 6. The van der Waals surface area contributed by atoms with E-state index in [1.165, 1.54) is 44.9 Å². The van der Waals surface area contributed by atoms with Gasteiger partial charge in [0.2, 0.25) is 0 Å². The fourth-order valence-corrected chi connectivity index (χ4v) is 8.14. The molecular weight excluding hydrogens is 412 g/mol. The van der Waals surface area contributed by atoms with Crippen molar-refractivity contribution in [3.8, 4) is 0 Å². The molecule has 0 bridgehead atoms. The van der Waals surface area contributed by atoms with Crippen LogP contribution in [0.2, 0.25) is 18.1 Å². The Labute approximate surface area is 199 Å². The van der Waals surface area contributed by atoms with Crippen LogP contribution in [0.5, 0.6) is 0 Å². The number of hydrogen-bond donors (Lipinski definition) is 0. The molecule has 0 saturated heterocycles. The number of hydrogen-bond acceptors (Lipinski definition) is 3. The summed E-state index contributed by atoms with van der Waals surface area (Å²) in [5.74, 6) is 1.22. The summed E-state index contributed by atoms with van der Waals surface area (Å²) in [6, 6.07) is 0. The van der Waals surface area contributed by atoms with Crippen LogP contribution in [0.25, 0.3) is 0 Å². The van der Waals surface area contributed by atoms with E-state index in [0.717, 1.165) is 13.0 Å². The minimum atomic E-state index is -1.68. The van der Waals surface area contributed by atoms with Gasteiger partial charge in [-0.3, -0.25) is 4.79 Å². The van der Waals surface area contributed by atoms with Gasteiger partial charge in [0.05, 0.1) is 6.61 Å². The molecule has 3 rings (SSSR count). The minimum Gasteiger partial charge on any atom is -0.465 e. The molecule has 3 aliphatic carbocycles. The van der Waals surface area contributed by atoms with Crippen LogP contribution in [0.15, 0.2) is 11.6 Å². The van der Waals surface area contributed by atoms with E-state index in [9.17, 15) is 4.79 Å². The normalized spacial score (nSPS) is 37.8. The van der Waals surface area contributed by atoms with Gasteiger partial charge < -0.3 is 9.16 Å². The Hall–Kier alpha value is -0.613. The van der Waals surface area contributed by atoms with Crippen molar-refractivity contribution in [3.63, 3.8) is 0 Å². The smallest absolute Gasteiger partial charge is 0.302 e. The third kappa shape index (κ3) is 5.06. The first kappa shape index (κ1) is 26.0. The van der Waals surface area contributed by atoms with E-state index >= 15 is 0 Å². The predicted molar refractivity (Wildman–Crippen MR) is 136 cm³/mol. The summed E-state index contributed by atoms with van der Waals surface area (Å²) in [7, 11) is -1.68. The van der Waals surface area contributed by atoms with Crippen LogP contribution in [0, 0.1) is 28.1 Å². The van der Waals surface area contributed by atoms with Crippen molar-refractivity contribution < 1.29 is 14.0 Å². The lowest BCUT2D eigenvalue weighted by molar-refractivity contribution is -0.153. The molecule has 0 aliphatic heterocycles. The van der Waals surface area contributed by atoms with Gasteiger partial charge in [0, 0.05) is 18.9 Å². The Kier molecular flexibility index (Phi) is 7.21. The number of ether oxygens (including phenoxy) is 1. The van der Waals surface area contributed by atoms with Crippen LogP contribution in [0.1, 0.15) is 99.8 Å². The van der Waals surface area contributed by atoms with E-state index in [2.05, 4.69) is 60.7 Å². The Balaban J connectivity index is 1.71. The first-order valence-corrected chi connectivity index (χ1v) is 16.0. The Morgan fingerprint density at radius 3 is 2.44 bits per heavy atom. The second-order valence-electron chi connectivity index (χ2n) is 13.7. The highest BCUT2D eigenvalue weighted by molar-refractivity contribution is 6.74. The van der Waals surface area contributed by atoms with Gasteiger partial charge in [0.1, 0.15) is 0 Å². The van der Waals surface area contributed by atoms with Crippen LogP contribution in [0.4, 0.5) is 0 Å². The molecule has 0 aromatic heterocycles. The minimum absolute atomic E-state index is 0.127. The Morgan fingerprint density at radius 1 is 1.12 bits per heavy atom. The largest absolute Gasteiger partial charge is 0.465 e. The summed E-state index contributed by atoms with van der Waals surface area (Å²) >= 11 is 0. The van der Waals surface area contributed by atoms with E-state index in [1.807, 2.05) is 0 Å². The third-order valence-electron chi connectivity index (χ3n) is 10.2. The quantitative estimate of drug-likeness (QED) is 0.228. The molecule has 0 heterocycles. The number of allylic oxidation sites excluding steroid dienone is 2. The maximum atomic E-state index is 11.5. The number of esters is 1. The van der Waals surface area contributed by atoms with Crippen molar-refractivity contribution in [3.05, 3.63) is 11.6 Å². The summed E-state index contributed by atoms with van der Waals surface area (Å²) in [4.78, 5) is 11.5. The van der Waals surface area contributed by atoms with Crippen molar-refractivity contribution in [2.45, 2.75) is 118 Å². The number of carbonyl (C=O) groups excluding carboxylic acids is 1. The summed E-state index contributed by atoms with van der Waals surface area (Å²) in [6.45, 7) is 22.1. The van der Waals surface area contributed by atoms with Crippen molar-refractivity contribution in [1.29, 1.82) is 0 Å². The Bertz CT molecular complexity index is 735. The lowest BCUT2D eigenvalue weighted by Crippen LogP contribution is -2.53. The molecule has 2 fully saturated rings. The van der Waals surface area contributed by atoms with Gasteiger partial charge in [-0.2, -0.15) is 0 Å². The van der Waals surface area contributed by atoms with Crippen molar-refractivity contribution >= 4 is 14.3 Å². The zero-order valence-corrected chi connectivity index (χ0v) is 23.5. The van der Waals surface area contributed by atoms with Gasteiger partial charge in [-0.25, -0.2) is 0 Å². The molecule has 32 heavy (non-hydrogen) atoms. The van der Waals surface area contributed by atoms with Gasteiger partial charge in [-0.15, -0.1) is 0 Å². The molecule has 5 atom stereocenters. The molecule has 2 saturated carbocycles. The van der Waals surface area contributed by atoms with Crippen LogP contribution < -0.4 is 0 Å². The van der Waals surface area contributed by atoms with E-state index in [1.54, 1.807) is 12.5 Å². The molecule has 0 spiro atoms. The van der Waals surface area contributed by atoms with E-state index in [0.29, 0.717) is 23.9 Å². The monoisotopic (exact) mass is 462 g/mol. The van der Waals surface area contributed by atoms with Gasteiger partial charge in [0.15, 0.2) is 8.32 Å². The second-order valence-corrected chi connectivity index (χ2v) is 18.5. The molecular formula is C28H50O3Si. The maximum absolute atomic E-state index is 11.5. The number of carbonyl (C=O) groups is 1. The summed E-state index contributed by atoms with van der Waals surface area (Å²) in [5, 5.41) is 0.275. The lowest BCUT2D eigenvalue weighted by atomic mass is 9.45. The highest BCUT2D eigenvalue weighted by atomic mass is 28.4.